The molecule has 4 rings (SSSR count). The molecule has 0 spiro atoms. The second kappa shape index (κ2) is 5.99. The van der Waals surface area contributed by atoms with Crippen LogP contribution in [-0.2, 0) is 6.54 Å². The number of hydrogen-bond donors (Lipinski definition) is 1. The lowest BCUT2D eigenvalue weighted by atomic mass is 10.2. The maximum absolute atomic E-state index is 6.51. The van der Waals surface area contributed by atoms with E-state index in [-0.39, 0.29) is 6.04 Å². The van der Waals surface area contributed by atoms with Gasteiger partial charge in [0, 0.05) is 11.4 Å². The van der Waals surface area contributed by atoms with Gasteiger partial charge in [0.1, 0.15) is 5.82 Å². The molecule has 1 atom stereocenters. The lowest BCUT2D eigenvalue weighted by Gasteiger charge is -2.14. The monoisotopic (exact) mass is 319 g/mol. The first-order valence-corrected chi connectivity index (χ1v) is 8.49. The zero-order chi connectivity index (χ0) is 15.6. The van der Waals surface area contributed by atoms with Crippen LogP contribution in [0.25, 0.3) is 11.0 Å². The van der Waals surface area contributed by atoms with Gasteiger partial charge in [0.25, 0.3) is 0 Å². The van der Waals surface area contributed by atoms with Crippen molar-refractivity contribution in [2.45, 2.75) is 12.6 Å². The number of nitrogens with zero attached hydrogens (tertiary/aromatic N) is 2. The molecule has 0 saturated carbocycles. The van der Waals surface area contributed by atoms with Crippen LogP contribution in [0.15, 0.2) is 72.1 Å². The first-order valence-electron chi connectivity index (χ1n) is 7.61. The Hall–Kier alpha value is -2.43. The molecular weight excluding hydrogens is 302 g/mol. The van der Waals surface area contributed by atoms with Crippen LogP contribution in [0.4, 0.5) is 0 Å². The number of nitrogens with two attached hydrogens (primary N) is 1. The zero-order valence-electron chi connectivity index (χ0n) is 12.6. The van der Waals surface area contributed by atoms with Crippen molar-refractivity contribution in [1.82, 2.24) is 9.55 Å². The van der Waals surface area contributed by atoms with Gasteiger partial charge in [-0.15, -0.1) is 11.3 Å². The van der Waals surface area contributed by atoms with Crippen molar-refractivity contribution >= 4 is 22.4 Å². The van der Waals surface area contributed by atoms with Gasteiger partial charge in [-0.2, -0.15) is 0 Å². The standard InChI is InChI=1S/C19H17N3S/c20-18(17-11-6-12-23-17)19-21-15-9-4-5-10-16(15)22(19)13-14-7-2-1-3-8-14/h1-12,18H,13,20H2. The van der Waals surface area contributed by atoms with Crippen molar-refractivity contribution in [3.63, 3.8) is 0 Å². The first kappa shape index (κ1) is 14.2. The van der Waals surface area contributed by atoms with Gasteiger partial charge in [-0.1, -0.05) is 48.5 Å². The molecule has 2 aromatic carbocycles. The van der Waals surface area contributed by atoms with Crippen LogP contribution in [0.1, 0.15) is 22.3 Å². The van der Waals surface area contributed by atoms with E-state index in [0.29, 0.717) is 0 Å². The van der Waals surface area contributed by atoms with E-state index < -0.39 is 0 Å². The second-order valence-electron chi connectivity index (χ2n) is 5.52. The summed E-state index contributed by atoms with van der Waals surface area (Å²) in [7, 11) is 0. The maximum Gasteiger partial charge on any atom is 0.132 e. The van der Waals surface area contributed by atoms with Crippen LogP contribution in [0, 0.1) is 0 Å². The summed E-state index contributed by atoms with van der Waals surface area (Å²) in [6.45, 7) is 0.774. The van der Waals surface area contributed by atoms with E-state index in [1.807, 2.05) is 30.3 Å². The largest absolute Gasteiger partial charge is 0.322 e. The molecule has 4 aromatic rings. The molecule has 0 aliphatic rings. The zero-order valence-corrected chi connectivity index (χ0v) is 13.4. The minimum Gasteiger partial charge on any atom is -0.322 e. The maximum atomic E-state index is 6.51. The molecule has 0 aliphatic heterocycles. The van der Waals surface area contributed by atoms with Crippen LogP contribution in [-0.4, -0.2) is 9.55 Å². The summed E-state index contributed by atoms with van der Waals surface area (Å²) in [6, 6.07) is 22.5. The molecule has 23 heavy (non-hydrogen) atoms. The quantitative estimate of drug-likeness (QED) is 0.613. The van der Waals surface area contributed by atoms with Crippen molar-refractivity contribution in [1.29, 1.82) is 0 Å². The number of fused-ring (bicyclic) bond motifs is 1. The van der Waals surface area contributed by atoms with E-state index in [1.54, 1.807) is 11.3 Å². The van der Waals surface area contributed by atoms with E-state index in [4.69, 9.17) is 10.7 Å². The predicted octanol–water partition coefficient (Wildman–Crippen LogP) is 4.19. The van der Waals surface area contributed by atoms with Gasteiger partial charge in [0.05, 0.1) is 17.1 Å². The van der Waals surface area contributed by atoms with E-state index in [1.165, 1.54) is 5.56 Å². The molecule has 0 amide bonds. The highest BCUT2D eigenvalue weighted by molar-refractivity contribution is 7.10. The van der Waals surface area contributed by atoms with Gasteiger partial charge in [-0.3, -0.25) is 0 Å². The van der Waals surface area contributed by atoms with Crippen molar-refractivity contribution in [3.05, 3.63) is 88.4 Å². The van der Waals surface area contributed by atoms with Crippen molar-refractivity contribution in [3.8, 4) is 0 Å². The Kier molecular flexibility index (Phi) is 3.69. The van der Waals surface area contributed by atoms with Gasteiger partial charge in [0.2, 0.25) is 0 Å². The molecule has 0 radical (unpaired) electrons. The number of imidazole rings is 1. The topological polar surface area (TPSA) is 43.8 Å². The molecule has 114 valence electrons. The number of hydrogen-bond acceptors (Lipinski definition) is 3. The molecular formula is C19H17N3S. The van der Waals surface area contributed by atoms with E-state index in [2.05, 4.69) is 46.3 Å². The van der Waals surface area contributed by atoms with Crippen molar-refractivity contribution in [2.75, 3.05) is 0 Å². The summed E-state index contributed by atoms with van der Waals surface area (Å²) < 4.78 is 2.23. The third-order valence-corrected chi connectivity index (χ3v) is 4.95. The molecule has 1 unspecified atom stereocenters. The number of aromatic nitrogens is 2. The fourth-order valence-electron chi connectivity index (χ4n) is 2.86. The van der Waals surface area contributed by atoms with Crippen molar-refractivity contribution in [2.24, 2.45) is 5.73 Å². The fourth-order valence-corrected chi connectivity index (χ4v) is 3.58. The normalized spacial score (nSPS) is 12.6. The van der Waals surface area contributed by atoms with E-state index in [9.17, 15) is 0 Å². The summed E-state index contributed by atoms with van der Waals surface area (Å²) in [5, 5.41) is 2.05. The summed E-state index contributed by atoms with van der Waals surface area (Å²) in [4.78, 5) is 5.94. The van der Waals surface area contributed by atoms with Gasteiger partial charge in [-0.05, 0) is 29.1 Å². The average Bonchev–Trinajstić information content (AvgIpc) is 3.24. The predicted molar refractivity (Wildman–Crippen MR) is 95.6 cm³/mol. The number of rotatable bonds is 4. The number of para-hydroxylation sites is 2. The van der Waals surface area contributed by atoms with Crippen LogP contribution in [0.5, 0.6) is 0 Å². The Morgan fingerprint density at radius 3 is 2.52 bits per heavy atom. The Labute approximate surface area is 139 Å². The first-order chi connectivity index (χ1) is 11.3. The highest BCUT2D eigenvalue weighted by Gasteiger charge is 2.19. The summed E-state index contributed by atoms with van der Waals surface area (Å²) >= 11 is 1.67. The highest BCUT2D eigenvalue weighted by atomic mass is 32.1. The molecule has 0 bridgehead atoms. The van der Waals surface area contributed by atoms with Crippen LogP contribution in [0.2, 0.25) is 0 Å². The average molecular weight is 319 g/mol. The van der Waals surface area contributed by atoms with Gasteiger partial charge in [0.15, 0.2) is 0 Å². The minimum atomic E-state index is -0.203. The minimum absolute atomic E-state index is 0.203. The summed E-state index contributed by atoms with van der Waals surface area (Å²) in [5.41, 5.74) is 9.87. The third kappa shape index (κ3) is 2.67. The van der Waals surface area contributed by atoms with Crippen molar-refractivity contribution < 1.29 is 0 Å². The van der Waals surface area contributed by atoms with Crippen LogP contribution in [0.3, 0.4) is 0 Å². The van der Waals surface area contributed by atoms with E-state index in [0.717, 1.165) is 28.3 Å². The molecule has 0 fully saturated rings. The van der Waals surface area contributed by atoms with Gasteiger partial charge < -0.3 is 10.3 Å². The smallest absolute Gasteiger partial charge is 0.132 e. The Bertz CT molecular complexity index is 910. The molecule has 3 nitrogen and oxygen atoms in total. The number of thiophene rings is 1. The molecule has 4 heteroatoms. The highest BCUT2D eigenvalue weighted by Crippen LogP contribution is 2.27. The van der Waals surface area contributed by atoms with E-state index >= 15 is 0 Å². The second-order valence-corrected chi connectivity index (χ2v) is 6.50. The summed E-state index contributed by atoms with van der Waals surface area (Å²) in [5.74, 6) is 0.914. The number of benzene rings is 2. The van der Waals surface area contributed by atoms with Crippen LogP contribution < -0.4 is 5.73 Å². The molecule has 0 saturated heterocycles. The lowest BCUT2D eigenvalue weighted by Crippen LogP contribution is -2.17. The summed E-state index contributed by atoms with van der Waals surface area (Å²) in [6.07, 6.45) is 0. The van der Waals surface area contributed by atoms with Gasteiger partial charge >= 0.3 is 0 Å². The lowest BCUT2D eigenvalue weighted by molar-refractivity contribution is 0.695. The fraction of sp³-hybridized carbons (Fsp3) is 0.105. The SMILES string of the molecule is NC(c1cccs1)c1nc2ccccc2n1Cc1ccccc1. The molecule has 2 heterocycles. The van der Waals surface area contributed by atoms with Crippen LogP contribution >= 0.6 is 11.3 Å². The Balaban J connectivity index is 1.84. The third-order valence-electron chi connectivity index (χ3n) is 4.00. The molecule has 2 aromatic heterocycles. The Morgan fingerprint density at radius 1 is 0.957 bits per heavy atom. The molecule has 2 N–H and O–H groups in total. The Morgan fingerprint density at radius 2 is 1.74 bits per heavy atom. The van der Waals surface area contributed by atoms with Gasteiger partial charge in [-0.25, -0.2) is 4.98 Å². The molecule has 0 aliphatic carbocycles.